The summed E-state index contributed by atoms with van der Waals surface area (Å²) in [5.74, 6) is 3.12. The molecule has 2 atom stereocenters. The Kier molecular flexibility index (Phi) is 5.92. The van der Waals surface area contributed by atoms with E-state index >= 15 is 0 Å². The Hall–Kier alpha value is -1.17. The standard InChI is InChI=1S/C14H26N4OS/c1-10(7-8-20(6)19)16-12-9-11(15-5)17-13(18-12)14(2,3)4/h9-10H,7-8H2,1-6H3,(H2,15,16,17,18). The number of rotatable bonds is 6. The van der Waals surface area contributed by atoms with Gasteiger partial charge < -0.3 is 10.6 Å². The van der Waals surface area contributed by atoms with Crippen molar-refractivity contribution >= 4 is 22.4 Å². The monoisotopic (exact) mass is 298 g/mol. The van der Waals surface area contributed by atoms with E-state index in [1.807, 2.05) is 13.1 Å². The van der Waals surface area contributed by atoms with Gasteiger partial charge >= 0.3 is 0 Å². The van der Waals surface area contributed by atoms with Crippen molar-refractivity contribution in [1.29, 1.82) is 0 Å². The van der Waals surface area contributed by atoms with Gasteiger partial charge in [-0.1, -0.05) is 20.8 Å². The van der Waals surface area contributed by atoms with Gasteiger partial charge in [-0.05, 0) is 13.3 Å². The molecule has 0 spiro atoms. The van der Waals surface area contributed by atoms with E-state index in [2.05, 4.69) is 48.3 Å². The first-order valence-electron chi connectivity index (χ1n) is 6.86. The molecular weight excluding hydrogens is 272 g/mol. The van der Waals surface area contributed by atoms with Gasteiger partial charge in [-0.2, -0.15) is 0 Å². The molecule has 6 heteroatoms. The molecule has 2 unspecified atom stereocenters. The van der Waals surface area contributed by atoms with Crippen LogP contribution in [-0.2, 0) is 16.2 Å². The number of aromatic nitrogens is 2. The molecule has 0 aromatic carbocycles. The van der Waals surface area contributed by atoms with Gasteiger partial charge in [0.25, 0.3) is 0 Å². The van der Waals surface area contributed by atoms with E-state index in [0.717, 1.165) is 23.9 Å². The van der Waals surface area contributed by atoms with Crippen LogP contribution in [-0.4, -0.2) is 39.3 Å². The average molecular weight is 298 g/mol. The highest BCUT2D eigenvalue weighted by Gasteiger charge is 2.19. The van der Waals surface area contributed by atoms with E-state index in [4.69, 9.17) is 0 Å². The number of nitrogens with zero attached hydrogens (tertiary/aromatic N) is 2. The lowest BCUT2D eigenvalue weighted by Gasteiger charge is -2.20. The van der Waals surface area contributed by atoms with Crippen LogP contribution in [0.3, 0.4) is 0 Å². The minimum absolute atomic E-state index is 0.0998. The molecule has 0 amide bonds. The molecule has 0 saturated carbocycles. The van der Waals surface area contributed by atoms with Crippen molar-refractivity contribution in [3.8, 4) is 0 Å². The second-order valence-corrected chi connectivity index (χ2v) is 7.63. The summed E-state index contributed by atoms with van der Waals surface area (Å²) in [5.41, 5.74) is -0.0998. The third-order valence-corrected chi connectivity index (χ3v) is 3.70. The first-order valence-corrected chi connectivity index (χ1v) is 8.59. The Labute approximate surface area is 124 Å². The number of anilines is 2. The van der Waals surface area contributed by atoms with Gasteiger partial charge in [0.15, 0.2) is 0 Å². The molecule has 114 valence electrons. The molecule has 1 aromatic heterocycles. The normalized spacial score (nSPS) is 14.7. The van der Waals surface area contributed by atoms with Gasteiger partial charge in [-0.15, -0.1) is 0 Å². The van der Waals surface area contributed by atoms with Crippen LogP contribution in [0.25, 0.3) is 0 Å². The first kappa shape index (κ1) is 16.9. The summed E-state index contributed by atoms with van der Waals surface area (Å²) in [5, 5.41) is 6.42. The number of nitrogens with one attached hydrogen (secondary N) is 2. The molecule has 0 bridgehead atoms. The predicted molar refractivity (Wildman–Crippen MR) is 86.9 cm³/mol. The Morgan fingerprint density at radius 1 is 1.30 bits per heavy atom. The summed E-state index contributed by atoms with van der Waals surface area (Å²) in [6.45, 7) is 8.35. The van der Waals surface area contributed by atoms with Crippen LogP contribution in [0.2, 0.25) is 0 Å². The zero-order chi connectivity index (χ0) is 15.3. The highest BCUT2D eigenvalue weighted by Crippen LogP contribution is 2.22. The zero-order valence-electron chi connectivity index (χ0n) is 13.3. The molecule has 20 heavy (non-hydrogen) atoms. The first-order chi connectivity index (χ1) is 9.22. The van der Waals surface area contributed by atoms with E-state index in [-0.39, 0.29) is 11.5 Å². The van der Waals surface area contributed by atoms with Gasteiger partial charge in [0.1, 0.15) is 17.5 Å². The molecule has 0 radical (unpaired) electrons. The van der Waals surface area contributed by atoms with E-state index in [0.29, 0.717) is 5.75 Å². The minimum Gasteiger partial charge on any atom is -0.373 e. The SMILES string of the molecule is CNc1cc(NC(C)CCS(C)=O)nc(C(C)(C)C)n1. The maximum Gasteiger partial charge on any atom is 0.138 e. The summed E-state index contributed by atoms with van der Waals surface area (Å²) in [6.07, 6.45) is 2.58. The molecule has 2 N–H and O–H groups in total. The van der Waals surface area contributed by atoms with Crippen LogP contribution < -0.4 is 10.6 Å². The van der Waals surface area contributed by atoms with E-state index in [1.165, 1.54) is 0 Å². The maximum absolute atomic E-state index is 11.1. The van der Waals surface area contributed by atoms with Crippen molar-refractivity contribution in [3.63, 3.8) is 0 Å². The lowest BCUT2D eigenvalue weighted by molar-refractivity contribution is 0.546. The van der Waals surface area contributed by atoms with Crippen molar-refractivity contribution in [2.75, 3.05) is 29.7 Å². The van der Waals surface area contributed by atoms with Gasteiger partial charge in [-0.25, -0.2) is 9.97 Å². The fraction of sp³-hybridized carbons (Fsp3) is 0.714. The van der Waals surface area contributed by atoms with Crippen LogP contribution in [0, 0.1) is 0 Å². The third-order valence-electron chi connectivity index (χ3n) is 2.89. The molecular formula is C14H26N4OS. The predicted octanol–water partition coefficient (Wildman–Crippen LogP) is 2.38. The summed E-state index contributed by atoms with van der Waals surface area (Å²) in [7, 11) is 1.10. The fourth-order valence-corrected chi connectivity index (χ4v) is 2.34. The second kappa shape index (κ2) is 7.02. The van der Waals surface area contributed by atoms with Gasteiger partial charge in [0.2, 0.25) is 0 Å². The number of hydrogen-bond donors (Lipinski definition) is 2. The molecule has 1 rings (SSSR count). The van der Waals surface area contributed by atoms with Gasteiger partial charge in [0, 0.05) is 47.4 Å². The Morgan fingerprint density at radius 3 is 2.40 bits per heavy atom. The molecule has 5 nitrogen and oxygen atoms in total. The lowest BCUT2D eigenvalue weighted by Crippen LogP contribution is -2.22. The van der Waals surface area contributed by atoms with E-state index < -0.39 is 10.8 Å². The van der Waals surface area contributed by atoms with Crippen molar-refractivity contribution in [1.82, 2.24) is 9.97 Å². The molecule has 0 saturated heterocycles. The topological polar surface area (TPSA) is 66.9 Å². The van der Waals surface area contributed by atoms with Gasteiger partial charge in [-0.3, -0.25) is 4.21 Å². The average Bonchev–Trinajstić information content (AvgIpc) is 2.34. The lowest BCUT2D eigenvalue weighted by atomic mass is 9.96. The minimum atomic E-state index is -0.754. The third kappa shape index (κ3) is 5.45. The summed E-state index contributed by atoms with van der Waals surface area (Å²) in [6, 6.07) is 2.13. The van der Waals surface area contributed by atoms with Crippen molar-refractivity contribution < 1.29 is 4.21 Å². The van der Waals surface area contributed by atoms with Crippen LogP contribution >= 0.6 is 0 Å². The zero-order valence-corrected chi connectivity index (χ0v) is 14.1. The Balaban J connectivity index is 2.86. The van der Waals surface area contributed by atoms with Crippen LogP contribution in [0.1, 0.15) is 39.9 Å². The highest BCUT2D eigenvalue weighted by molar-refractivity contribution is 7.84. The number of hydrogen-bond acceptors (Lipinski definition) is 5. The summed E-state index contributed by atoms with van der Waals surface area (Å²) >= 11 is 0. The molecule has 1 heterocycles. The van der Waals surface area contributed by atoms with Crippen LogP contribution in [0.4, 0.5) is 11.6 Å². The maximum atomic E-state index is 11.1. The quantitative estimate of drug-likeness (QED) is 0.844. The van der Waals surface area contributed by atoms with E-state index in [1.54, 1.807) is 6.26 Å². The van der Waals surface area contributed by atoms with Crippen molar-refractivity contribution in [3.05, 3.63) is 11.9 Å². The Bertz CT molecular complexity index is 471. The van der Waals surface area contributed by atoms with Crippen molar-refractivity contribution in [2.45, 2.75) is 45.6 Å². The fourth-order valence-electron chi connectivity index (χ4n) is 1.65. The molecule has 0 aliphatic carbocycles. The van der Waals surface area contributed by atoms with Crippen LogP contribution in [0.15, 0.2) is 6.07 Å². The van der Waals surface area contributed by atoms with Gasteiger partial charge in [0.05, 0.1) is 0 Å². The molecule has 0 aliphatic rings. The Morgan fingerprint density at radius 2 is 1.90 bits per heavy atom. The summed E-state index contributed by atoms with van der Waals surface area (Å²) in [4.78, 5) is 9.08. The highest BCUT2D eigenvalue weighted by atomic mass is 32.2. The largest absolute Gasteiger partial charge is 0.373 e. The molecule has 0 fully saturated rings. The van der Waals surface area contributed by atoms with E-state index in [9.17, 15) is 4.21 Å². The van der Waals surface area contributed by atoms with Crippen molar-refractivity contribution in [2.24, 2.45) is 0 Å². The molecule has 1 aromatic rings. The second-order valence-electron chi connectivity index (χ2n) is 6.07. The molecule has 0 aliphatic heterocycles. The smallest absolute Gasteiger partial charge is 0.138 e. The summed E-state index contributed by atoms with van der Waals surface area (Å²) < 4.78 is 11.1. The van der Waals surface area contributed by atoms with Crippen LogP contribution in [0.5, 0.6) is 0 Å².